The number of fused-ring (bicyclic) bond motifs is 1. The third-order valence-electron chi connectivity index (χ3n) is 4.91. The van der Waals surface area contributed by atoms with Crippen molar-refractivity contribution in [2.75, 3.05) is 0 Å². The second-order valence-corrected chi connectivity index (χ2v) is 6.48. The molecule has 3 aliphatic rings. The molecule has 0 aromatic carbocycles. The first-order chi connectivity index (χ1) is 9.06. The third-order valence-corrected chi connectivity index (χ3v) is 4.91. The fourth-order valence-corrected chi connectivity index (χ4v) is 3.83. The summed E-state index contributed by atoms with van der Waals surface area (Å²) in [6, 6.07) is -0.0965. The van der Waals surface area contributed by atoms with Gasteiger partial charge < -0.3 is 10.4 Å². The molecular formula is C14H22N2O3. The van der Waals surface area contributed by atoms with Crippen LogP contribution in [-0.2, 0) is 4.79 Å². The van der Waals surface area contributed by atoms with Crippen molar-refractivity contribution < 1.29 is 14.7 Å². The Morgan fingerprint density at radius 2 is 2.00 bits per heavy atom. The van der Waals surface area contributed by atoms with E-state index in [9.17, 15) is 14.7 Å². The SMILES string of the molecule is C[C@H]1CCC[C@@H](NC(=O)[C@@H]2C[C@H]3C[C@H]3N2C(=O)O)C1. The summed E-state index contributed by atoms with van der Waals surface area (Å²) in [6.07, 6.45) is 5.16. The minimum atomic E-state index is -0.942. The quantitative estimate of drug-likeness (QED) is 0.801. The van der Waals surface area contributed by atoms with Gasteiger partial charge in [0.1, 0.15) is 6.04 Å². The first-order valence-corrected chi connectivity index (χ1v) is 7.38. The first-order valence-electron chi connectivity index (χ1n) is 7.38. The molecule has 2 amide bonds. The second-order valence-electron chi connectivity index (χ2n) is 6.48. The van der Waals surface area contributed by atoms with Crippen molar-refractivity contribution in [3.63, 3.8) is 0 Å². The molecule has 0 aromatic heterocycles. The lowest BCUT2D eigenvalue weighted by atomic mass is 9.87. The van der Waals surface area contributed by atoms with Crippen molar-refractivity contribution in [3.05, 3.63) is 0 Å². The average molecular weight is 266 g/mol. The molecule has 2 N–H and O–H groups in total. The predicted octanol–water partition coefficient (Wildman–Crippen LogP) is 1.82. The number of rotatable bonds is 2. The zero-order valence-electron chi connectivity index (χ0n) is 11.3. The highest BCUT2D eigenvalue weighted by atomic mass is 16.4. The molecule has 0 bridgehead atoms. The van der Waals surface area contributed by atoms with Crippen LogP contribution in [-0.4, -0.2) is 40.1 Å². The highest BCUT2D eigenvalue weighted by molar-refractivity contribution is 5.86. The third kappa shape index (κ3) is 2.42. The Bertz CT molecular complexity index is 398. The van der Waals surface area contributed by atoms with E-state index in [2.05, 4.69) is 12.2 Å². The molecule has 0 radical (unpaired) electrons. The van der Waals surface area contributed by atoms with Gasteiger partial charge in [-0.3, -0.25) is 9.69 Å². The number of amides is 2. The van der Waals surface area contributed by atoms with Crippen LogP contribution in [0.25, 0.3) is 0 Å². The normalized spacial score (nSPS) is 40.7. The Kier molecular flexibility index (Phi) is 3.15. The van der Waals surface area contributed by atoms with Gasteiger partial charge in [-0.1, -0.05) is 19.8 Å². The highest BCUT2D eigenvalue weighted by Crippen LogP contribution is 2.47. The molecule has 3 rings (SSSR count). The number of hydrogen-bond acceptors (Lipinski definition) is 2. The molecule has 1 heterocycles. The second kappa shape index (κ2) is 4.69. The molecule has 0 spiro atoms. The number of nitrogens with one attached hydrogen (secondary N) is 1. The lowest BCUT2D eigenvalue weighted by Gasteiger charge is -2.30. The van der Waals surface area contributed by atoms with E-state index in [0.29, 0.717) is 18.3 Å². The Balaban J connectivity index is 1.59. The number of carbonyl (C=O) groups excluding carboxylic acids is 1. The van der Waals surface area contributed by atoms with Crippen molar-refractivity contribution in [1.82, 2.24) is 10.2 Å². The topological polar surface area (TPSA) is 69.6 Å². The van der Waals surface area contributed by atoms with E-state index in [4.69, 9.17) is 0 Å². The summed E-state index contributed by atoms with van der Waals surface area (Å²) >= 11 is 0. The average Bonchev–Trinajstić information content (AvgIpc) is 2.99. The maximum atomic E-state index is 12.3. The molecule has 5 atom stereocenters. The predicted molar refractivity (Wildman–Crippen MR) is 69.7 cm³/mol. The van der Waals surface area contributed by atoms with Crippen LogP contribution < -0.4 is 5.32 Å². The van der Waals surface area contributed by atoms with Gasteiger partial charge in [0.15, 0.2) is 0 Å². The van der Waals surface area contributed by atoms with E-state index >= 15 is 0 Å². The molecule has 2 aliphatic carbocycles. The smallest absolute Gasteiger partial charge is 0.408 e. The monoisotopic (exact) mass is 266 g/mol. The van der Waals surface area contributed by atoms with E-state index in [1.165, 1.54) is 11.3 Å². The summed E-state index contributed by atoms with van der Waals surface area (Å²) in [5, 5.41) is 12.3. The number of nitrogens with zero attached hydrogens (tertiary/aromatic N) is 1. The van der Waals surface area contributed by atoms with Crippen molar-refractivity contribution >= 4 is 12.0 Å². The molecule has 5 nitrogen and oxygen atoms in total. The van der Waals surface area contributed by atoms with Gasteiger partial charge >= 0.3 is 6.09 Å². The summed E-state index contributed by atoms with van der Waals surface area (Å²) < 4.78 is 0. The van der Waals surface area contributed by atoms with Gasteiger partial charge in [0.25, 0.3) is 0 Å². The lowest BCUT2D eigenvalue weighted by molar-refractivity contribution is -0.126. The Hall–Kier alpha value is -1.26. The lowest BCUT2D eigenvalue weighted by Crippen LogP contribution is -2.50. The number of piperidine rings is 1. The molecule has 106 valence electrons. The van der Waals surface area contributed by atoms with Crippen LogP contribution in [0.15, 0.2) is 0 Å². The van der Waals surface area contributed by atoms with Gasteiger partial charge in [-0.2, -0.15) is 0 Å². The van der Waals surface area contributed by atoms with Crippen molar-refractivity contribution in [2.45, 2.75) is 63.6 Å². The van der Waals surface area contributed by atoms with E-state index < -0.39 is 12.1 Å². The Labute approximate surface area is 113 Å². The van der Waals surface area contributed by atoms with Crippen LogP contribution in [0.5, 0.6) is 0 Å². The summed E-state index contributed by atoms with van der Waals surface area (Å²) in [7, 11) is 0. The molecule has 2 saturated carbocycles. The van der Waals surface area contributed by atoms with Gasteiger partial charge in [-0.25, -0.2) is 4.79 Å². The number of carboxylic acid groups (broad SMARTS) is 1. The number of carbonyl (C=O) groups is 2. The summed E-state index contributed by atoms with van der Waals surface area (Å²) in [5.74, 6) is 1.01. The van der Waals surface area contributed by atoms with E-state index in [1.54, 1.807) is 0 Å². The fraction of sp³-hybridized carbons (Fsp3) is 0.857. The summed E-state index contributed by atoms with van der Waals surface area (Å²) in [6.45, 7) is 2.21. The molecule has 3 fully saturated rings. The summed E-state index contributed by atoms with van der Waals surface area (Å²) in [4.78, 5) is 24.9. The Morgan fingerprint density at radius 3 is 2.68 bits per heavy atom. The summed E-state index contributed by atoms with van der Waals surface area (Å²) in [5.41, 5.74) is 0. The molecule has 1 aliphatic heterocycles. The fourth-order valence-electron chi connectivity index (χ4n) is 3.83. The largest absolute Gasteiger partial charge is 0.465 e. The molecule has 19 heavy (non-hydrogen) atoms. The van der Waals surface area contributed by atoms with Gasteiger partial charge in [0.2, 0.25) is 5.91 Å². The van der Waals surface area contributed by atoms with Crippen molar-refractivity contribution in [1.29, 1.82) is 0 Å². The van der Waals surface area contributed by atoms with Crippen LogP contribution in [0.4, 0.5) is 4.79 Å². The number of hydrogen-bond donors (Lipinski definition) is 2. The van der Waals surface area contributed by atoms with Crippen LogP contribution in [0.3, 0.4) is 0 Å². The molecule has 0 aromatic rings. The first kappa shape index (κ1) is 12.8. The van der Waals surface area contributed by atoms with Gasteiger partial charge in [-0.15, -0.1) is 0 Å². The van der Waals surface area contributed by atoms with Crippen molar-refractivity contribution in [2.24, 2.45) is 11.8 Å². The number of likely N-dealkylation sites (tertiary alicyclic amines) is 1. The van der Waals surface area contributed by atoms with Crippen LogP contribution in [0.2, 0.25) is 0 Å². The zero-order valence-corrected chi connectivity index (χ0v) is 11.3. The maximum Gasteiger partial charge on any atom is 0.408 e. The standard InChI is InChI=1S/C14H22N2O3/c1-8-3-2-4-10(5-8)15-13(17)12-7-9-6-11(9)16(12)14(18)19/h8-12H,2-7H2,1H3,(H,15,17)(H,18,19)/t8-,9+,10+,11+,12-/m0/s1. The van der Waals surface area contributed by atoms with E-state index in [-0.39, 0.29) is 18.0 Å². The van der Waals surface area contributed by atoms with Gasteiger partial charge in [0.05, 0.1) is 0 Å². The van der Waals surface area contributed by atoms with Gasteiger partial charge in [0, 0.05) is 12.1 Å². The highest BCUT2D eigenvalue weighted by Gasteiger charge is 2.56. The minimum Gasteiger partial charge on any atom is -0.465 e. The maximum absolute atomic E-state index is 12.3. The Morgan fingerprint density at radius 1 is 1.21 bits per heavy atom. The molecule has 1 saturated heterocycles. The molecule has 0 unspecified atom stereocenters. The van der Waals surface area contributed by atoms with E-state index in [0.717, 1.165) is 25.7 Å². The minimum absolute atomic E-state index is 0.0753. The van der Waals surface area contributed by atoms with E-state index in [1.807, 2.05) is 0 Å². The van der Waals surface area contributed by atoms with Crippen LogP contribution in [0, 0.1) is 11.8 Å². The molecule has 5 heteroatoms. The van der Waals surface area contributed by atoms with Crippen molar-refractivity contribution in [3.8, 4) is 0 Å². The molecular weight excluding hydrogens is 244 g/mol. The zero-order chi connectivity index (χ0) is 13.6. The van der Waals surface area contributed by atoms with Crippen LogP contribution >= 0.6 is 0 Å². The van der Waals surface area contributed by atoms with Gasteiger partial charge in [-0.05, 0) is 37.5 Å². The van der Waals surface area contributed by atoms with Crippen LogP contribution in [0.1, 0.15) is 45.4 Å².